The first-order valence-corrected chi connectivity index (χ1v) is 10.5. The third kappa shape index (κ3) is 4.57. The number of benzene rings is 2. The van der Waals surface area contributed by atoms with Gasteiger partial charge in [-0.3, -0.25) is 14.7 Å². The summed E-state index contributed by atoms with van der Waals surface area (Å²) in [6.07, 6.45) is 5.06. The van der Waals surface area contributed by atoms with Gasteiger partial charge in [-0.05, 0) is 35.9 Å². The number of pyridine rings is 1. The maximum Gasteiger partial charge on any atom is 0.253 e. The lowest BCUT2D eigenvalue weighted by Crippen LogP contribution is -2.29. The van der Waals surface area contributed by atoms with Gasteiger partial charge >= 0.3 is 0 Å². The van der Waals surface area contributed by atoms with E-state index in [1.807, 2.05) is 60.7 Å². The number of carbonyl (C=O) groups is 1. The Hall–Kier alpha value is -3.71. The highest BCUT2D eigenvalue weighted by Gasteiger charge is 2.22. The average molecular weight is 432 g/mol. The summed E-state index contributed by atoms with van der Waals surface area (Å²) in [6.45, 7) is 0.295. The van der Waals surface area contributed by atoms with Crippen LogP contribution in [0.3, 0.4) is 0 Å². The molecule has 0 fully saturated rings. The average Bonchev–Trinajstić information content (AvgIpc) is 3.27. The van der Waals surface area contributed by atoms with Gasteiger partial charge in [-0.15, -0.1) is 0 Å². The van der Waals surface area contributed by atoms with Crippen LogP contribution in [0, 0.1) is 0 Å². The van der Waals surface area contributed by atoms with E-state index in [-0.39, 0.29) is 5.91 Å². The predicted molar refractivity (Wildman–Crippen MR) is 124 cm³/mol. The van der Waals surface area contributed by atoms with Crippen LogP contribution in [0.5, 0.6) is 11.5 Å². The van der Waals surface area contributed by atoms with Crippen LogP contribution in [-0.4, -0.2) is 30.1 Å². The van der Waals surface area contributed by atoms with E-state index < -0.39 is 0 Å². The van der Waals surface area contributed by atoms with Crippen molar-refractivity contribution < 1.29 is 14.3 Å². The van der Waals surface area contributed by atoms with Crippen LogP contribution in [0.1, 0.15) is 11.3 Å². The number of fused-ring (bicyclic) bond motifs is 1. The normalized spacial score (nSPS) is 11.0. The second kappa shape index (κ2) is 9.40. The monoisotopic (exact) mass is 431 g/mol. The Morgan fingerprint density at radius 2 is 1.74 bits per heavy atom. The van der Waals surface area contributed by atoms with Crippen molar-refractivity contribution in [3.63, 3.8) is 0 Å². The van der Waals surface area contributed by atoms with E-state index in [2.05, 4.69) is 4.98 Å². The molecule has 0 aliphatic rings. The second-order valence-corrected chi connectivity index (χ2v) is 7.61. The lowest BCUT2D eigenvalue weighted by Gasteiger charge is -2.17. The van der Waals surface area contributed by atoms with E-state index in [0.29, 0.717) is 28.7 Å². The fourth-order valence-electron chi connectivity index (χ4n) is 3.10. The molecule has 0 aliphatic carbocycles. The molecule has 0 atom stereocenters. The molecule has 0 N–H and O–H groups in total. The summed E-state index contributed by atoms with van der Waals surface area (Å²) < 4.78 is 11.8. The molecule has 2 aromatic heterocycles. The second-order valence-electron chi connectivity index (χ2n) is 6.63. The number of nitrogens with zero attached hydrogens (tertiary/aromatic N) is 3. The van der Waals surface area contributed by atoms with Gasteiger partial charge in [-0.25, -0.2) is 4.98 Å². The predicted octanol–water partition coefficient (Wildman–Crippen LogP) is 4.96. The van der Waals surface area contributed by atoms with Crippen molar-refractivity contribution in [2.24, 2.45) is 0 Å². The summed E-state index contributed by atoms with van der Waals surface area (Å²) in [5, 5.41) is 0.547. The van der Waals surface area contributed by atoms with Crippen LogP contribution >= 0.6 is 11.3 Å². The maximum atomic E-state index is 13.2. The Morgan fingerprint density at radius 3 is 2.45 bits per heavy atom. The van der Waals surface area contributed by atoms with Crippen molar-refractivity contribution in [3.05, 3.63) is 84.2 Å². The lowest BCUT2D eigenvalue weighted by atomic mass is 10.2. The largest absolute Gasteiger partial charge is 0.495 e. The fraction of sp³-hybridized carbons (Fsp3) is 0.125. The number of anilines is 1. The van der Waals surface area contributed by atoms with Gasteiger partial charge in [-0.2, -0.15) is 0 Å². The highest BCUT2D eigenvalue weighted by molar-refractivity contribution is 7.22. The molecule has 0 bridgehead atoms. The maximum absolute atomic E-state index is 13.2. The van der Waals surface area contributed by atoms with Crippen molar-refractivity contribution in [2.75, 3.05) is 19.1 Å². The molecule has 31 heavy (non-hydrogen) atoms. The summed E-state index contributed by atoms with van der Waals surface area (Å²) in [4.78, 5) is 23.9. The summed E-state index contributed by atoms with van der Waals surface area (Å²) in [5.74, 6) is 1.12. The standard InChI is InChI=1S/C24H21N3O3S/c1-29-19-12-13-20(30-2)23-22(19)26-24(31-23)27(16-18-10-6-7-15-25-18)21(28)14-11-17-8-4-3-5-9-17/h3-15H,16H2,1-2H3. The van der Waals surface area contributed by atoms with E-state index in [9.17, 15) is 4.79 Å². The van der Waals surface area contributed by atoms with Crippen molar-refractivity contribution >= 4 is 38.7 Å². The van der Waals surface area contributed by atoms with Crippen LogP contribution in [-0.2, 0) is 11.3 Å². The summed E-state index contributed by atoms with van der Waals surface area (Å²) >= 11 is 1.38. The molecule has 4 aromatic rings. The minimum atomic E-state index is -0.188. The number of ether oxygens (including phenoxy) is 2. The SMILES string of the molecule is COc1ccc(OC)c2sc(N(Cc3ccccn3)C(=O)C=Cc3ccccc3)nc12. The summed E-state index contributed by atoms with van der Waals surface area (Å²) in [7, 11) is 3.21. The van der Waals surface area contributed by atoms with Gasteiger partial charge in [-0.1, -0.05) is 47.7 Å². The zero-order valence-electron chi connectivity index (χ0n) is 17.2. The first kappa shape index (κ1) is 20.6. The number of carbonyl (C=O) groups excluding carboxylic acids is 1. The van der Waals surface area contributed by atoms with E-state index in [1.54, 1.807) is 37.5 Å². The van der Waals surface area contributed by atoms with Crippen molar-refractivity contribution in [1.82, 2.24) is 9.97 Å². The molecule has 0 aliphatic heterocycles. The van der Waals surface area contributed by atoms with Crippen molar-refractivity contribution in [2.45, 2.75) is 6.54 Å². The third-order valence-electron chi connectivity index (χ3n) is 4.66. The Kier molecular flexibility index (Phi) is 6.24. The number of amides is 1. The minimum Gasteiger partial charge on any atom is -0.495 e. The molecule has 2 aromatic carbocycles. The molecular formula is C24H21N3O3S. The van der Waals surface area contributed by atoms with Crippen molar-refractivity contribution in [1.29, 1.82) is 0 Å². The van der Waals surface area contributed by atoms with Crippen LogP contribution in [0.2, 0.25) is 0 Å². The molecular weight excluding hydrogens is 410 g/mol. The topological polar surface area (TPSA) is 64.6 Å². The van der Waals surface area contributed by atoms with Crippen molar-refractivity contribution in [3.8, 4) is 11.5 Å². The number of rotatable bonds is 7. The zero-order chi connectivity index (χ0) is 21.6. The first-order valence-electron chi connectivity index (χ1n) is 9.65. The van der Waals surface area contributed by atoms with Crippen LogP contribution in [0.15, 0.2) is 72.9 Å². The molecule has 4 rings (SSSR count). The number of thiazole rings is 1. The first-order chi connectivity index (χ1) is 15.2. The third-order valence-corrected chi connectivity index (χ3v) is 5.75. The van der Waals surface area contributed by atoms with E-state index in [4.69, 9.17) is 14.5 Å². The molecule has 0 spiro atoms. The van der Waals surface area contributed by atoms with E-state index >= 15 is 0 Å². The Labute approximate surface area is 184 Å². The Morgan fingerprint density at radius 1 is 1.00 bits per heavy atom. The smallest absolute Gasteiger partial charge is 0.253 e. The van der Waals surface area contributed by atoms with Crippen LogP contribution in [0.25, 0.3) is 16.3 Å². The van der Waals surface area contributed by atoms with Gasteiger partial charge in [0, 0.05) is 12.3 Å². The highest BCUT2D eigenvalue weighted by Crippen LogP contribution is 2.40. The molecule has 156 valence electrons. The van der Waals surface area contributed by atoms with E-state index in [1.165, 1.54) is 11.3 Å². The van der Waals surface area contributed by atoms with Gasteiger partial charge in [0.15, 0.2) is 5.13 Å². The molecule has 0 saturated carbocycles. The number of hydrogen-bond acceptors (Lipinski definition) is 6. The van der Waals surface area contributed by atoms with E-state index in [0.717, 1.165) is 16.0 Å². The van der Waals surface area contributed by atoms with Gasteiger partial charge in [0.25, 0.3) is 5.91 Å². The molecule has 7 heteroatoms. The Bertz CT molecular complexity index is 1170. The minimum absolute atomic E-state index is 0.188. The molecule has 1 amide bonds. The number of aromatic nitrogens is 2. The fourth-order valence-corrected chi connectivity index (χ4v) is 4.18. The molecule has 0 radical (unpaired) electrons. The number of hydrogen-bond donors (Lipinski definition) is 0. The van der Waals surface area contributed by atoms with Gasteiger partial charge in [0.05, 0.1) is 26.5 Å². The summed E-state index contributed by atoms with van der Waals surface area (Å²) in [6, 6.07) is 19.0. The Balaban J connectivity index is 1.75. The van der Waals surface area contributed by atoms with Gasteiger partial charge < -0.3 is 9.47 Å². The molecule has 0 unspecified atom stereocenters. The summed E-state index contributed by atoms with van der Waals surface area (Å²) in [5.41, 5.74) is 2.37. The molecule has 6 nitrogen and oxygen atoms in total. The quantitative estimate of drug-likeness (QED) is 0.387. The highest BCUT2D eigenvalue weighted by atomic mass is 32.1. The number of methoxy groups -OCH3 is 2. The zero-order valence-corrected chi connectivity index (χ0v) is 18.0. The van der Waals surface area contributed by atoms with Crippen LogP contribution < -0.4 is 14.4 Å². The van der Waals surface area contributed by atoms with Gasteiger partial charge in [0.2, 0.25) is 0 Å². The molecule has 0 saturated heterocycles. The lowest BCUT2D eigenvalue weighted by molar-refractivity contribution is -0.114. The van der Waals surface area contributed by atoms with Gasteiger partial charge in [0.1, 0.15) is 21.7 Å². The van der Waals surface area contributed by atoms with Crippen LogP contribution in [0.4, 0.5) is 5.13 Å². The molecule has 2 heterocycles.